The van der Waals surface area contributed by atoms with E-state index in [4.69, 9.17) is 4.74 Å². The lowest BCUT2D eigenvalue weighted by atomic mass is 10.2. The Kier molecular flexibility index (Phi) is 4.09. The van der Waals surface area contributed by atoms with Gasteiger partial charge in [-0.3, -0.25) is 9.69 Å². The van der Waals surface area contributed by atoms with Gasteiger partial charge in [0.25, 0.3) is 0 Å². The van der Waals surface area contributed by atoms with Gasteiger partial charge in [0.05, 0.1) is 7.11 Å². The van der Waals surface area contributed by atoms with E-state index in [0.717, 1.165) is 32.1 Å². The molecule has 1 aromatic rings. The summed E-state index contributed by atoms with van der Waals surface area (Å²) < 4.78 is 4.76. The van der Waals surface area contributed by atoms with Crippen LogP contribution in [-0.2, 0) is 9.53 Å². The first-order chi connectivity index (χ1) is 8.72. The topological polar surface area (TPSA) is 58.6 Å². The summed E-state index contributed by atoms with van der Waals surface area (Å²) in [7, 11) is 1.42. The SMILES string of the molecule is COC(=O)[C@H](C)N1CCN(c2ncccn2)CC1. The zero-order chi connectivity index (χ0) is 13.0. The van der Waals surface area contributed by atoms with E-state index in [0.29, 0.717) is 0 Å². The van der Waals surface area contributed by atoms with Crippen molar-refractivity contribution in [3.63, 3.8) is 0 Å². The van der Waals surface area contributed by atoms with E-state index in [1.165, 1.54) is 7.11 Å². The van der Waals surface area contributed by atoms with Crippen LogP contribution in [-0.4, -0.2) is 60.2 Å². The number of ether oxygens (including phenoxy) is 1. The van der Waals surface area contributed by atoms with Gasteiger partial charge in [-0.2, -0.15) is 0 Å². The Hall–Kier alpha value is -1.69. The average molecular weight is 250 g/mol. The van der Waals surface area contributed by atoms with Gasteiger partial charge < -0.3 is 9.64 Å². The highest BCUT2D eigenvalue weighted by molar-refractivity contribution is 5.75. The van der Waals surface area contributed by atoms with Gasteiger partial charge in [0.2, 0.25) is 5.95 Å². The van der Waals surface area contributed by atoms with Crippen molar-refractivity contribution in [2.75, 3.05) is 38.2 Å². The fourth-order valence-corrected chi connectivity index (χ4v) is 2.08. The van der Waals surface area contributed by atoms with E-state index in [1.807, 2.05) is 6.92 Å². The second-order valence-electron chi connectivity index (χ2n) is 4.27. The van der Waals surface area contributed by atoms with E-state index in [9.17, 15) is 4.79 Å². The lowest BCUT2D eigenvalue weighted by molar-refractivity contribution is -0.146. The molecule has 1 aromatic heterocycles. The summed E-state index contributed by atoms with van der Waals surface area (Å²) in [6, 6.07) is 1.62. The van der Waals surface area contributed by atoms with Crippen molar-refractivity contribution in [3.05, 3.63) is 18.5 Å². The van der Waals surface area contributed by atoms with Crippen LogP contribution in [0.25, 0.3) is 0 Å². The van der Waals surface area contributed by atoms with E-state index in [2.05, 4.69) is 19.8 Å². The lowest BCUT2D eigenvalue weighted by Crippen LogP contribution is -2.52. The Morgan fingerprint density at radius 2 is 1.89 bits per heavy atom. The molecule has 1 aliphatic rings. The van der Waals surface area contributed by atoms with E-state index in [-0.39, 0.29) is 12.0 Å². The van der Waals surface area contributed by atoms with Crippen LogP contribution in [0.3, 0.4) is 0 Å². The predicted octanol–water partition coefficient (Wildman–Crippen LogP) is 0.160. The van der Waals surface area contributed by atoms with Crippen molar-refractivity contribution in [1.82, 2.24) is 14.9 Å². The quantitative estimate of drug-likeness (QED) is 0.712. The number of piperazine rings is 1. The second-order valence-corrected chi connectivity index (χ2v) is 4.27. The Labute approximate surface area is 107 Å². The van der Waals surface area contributed by atoms with Gasteiger partial charge >= 0.3 is 5.97 Å². The molecule has 0 bridgehead atoms. The summed E-state index contributed by atoms with van der Waals surface area (Å²) in [4.78, 5) is 24.2. The van der Waals surface area contributed by atoms with Crippen LogP contribution >= 0.6 is 0 Å². The van der Waals surface area contributed by atoms with Crippen LogP contribution in [0.15, 0.2) is 18.5 Å². The van der Waals surface area contributed by atoms with Crippen molar-refractivity contribution in [1.29, 1.82) is 0 Å². The second kappa shape index (κ2) is 5.77. The molecule has 0 aliphatic carbocycles. The van der Waals surface area contributed by atoms with Gasteiger partial charge in [-0.1, -0.05) is 0 Å². The zero-order valence-corrected chi connectivity index (χ0v) is 10.7. The molecule has 6 nitrogen and oxygen atoms in total. The molecule has 2 heterocycles. The number of aromatic nitrogens is 2. The molecule has 1 atom stereocenters. The van der Waals surface area contributed by atoms with Crippen molar-refractivity contribution in [2.45, 2.75) is 13.0 Å². The monoisotopic (exact) mass is 250 g/mol. The molecule has 1 saturated heterocycles. The summed E-state index contributed by atoms with van der Waals surface area (Å²) >= 11 is 0. The summed E-state index contributed by atoms with van der Waals surface area (Å²) in [6.07, 6.45) is 3.48. The highest BCUT2D eigenvalue weighted by Gasteiger charge is 2.26. The molecule has 1 fully saturated rings. The molecule has 0 N–H and O–H groups in total. The Morgan fingerprint density at radius 1 is 1.28 bits per heavy atom. The number of hydrogen-bond acceptors (Lipinski definition) is 6. The molecule has 0 radical (unpaired) electrons. The molecular weight excluding hydrogens is 232 g/mol. The average Bonchev–Trinajstić information content (AvgIpc) is 2.47. The molecule has 0 saturated carbocycles. The molecule has 18 heavy (non-hydrogen) atoms. The van der Waals surface area contributed by atoms with Gasteiger partial charge in [0.15, 0.2) is 0 Å². The van der Waals surface area contributed by atoms with E-state index in [1.54, 1.807) is 18.5 Å². The Bertz CT molecular complexity index is 390. The summed E-state index contributed by atoms with van der Waals surface area (Å²) in [6.45, 7) is 5.15. The highest BCUT2D eigenvalue weighted by Crippen LogP contribution is 2.12. The number of rotatable bonds is 3. The van der Waals surface area contributed by atoms with Gasteiger partial charge in [0, 0.05) is 38.6 Å². The first kappa shape index (κ1) is 12.8. The maximum Gasteiger partial charge on any atom is 0.322 e. The molecule has 98 valence electrons. The number of anilines is 1. The highest BCUT2D eigenvalue weighted by atomic mass is 16.5. The minimum Gasteiger partial charge on any atom is -0.468 e. The first-order valence-electron chi connectivity index (χ1n) is 6.06. The maximum absolute atomic E-state index is 11.5. The number of hydrogen-bond donors (Lipinski definition) is 0. The van der Waals surface area contributed by atoms with Crippen LogP contribution in [0, 0.1) is 0 Å². The summed E-state index contributed by atoms with van der Waals surface area (Å²) in [5, 5.41) is 0. The first-order valence-corrected chi connectivity index (χ1v) is 6.06. The molecule has 2 rings (SSSR count). The van der Waals surface area contributed by atoms with Crippen molar-refractivity contribution >= 4 is 11.9 Å². The molecule has 1 aliphatic heterocycles. The Balaban J connectivity index is 1.90. The van der Waals surface area contributed by atoms with E-state index >= 15 is 0 Å². The molecule has 6 heteroatoms. The zero-order valence-electron chi connectivity index (χ0n) is 10.7. The van der Waals surface area contributed by atoms with Gasteiger partial charge in [-0.25, -0.2) is 9.97 Å². The molecule has 0 spiro atoms. The predicted molar refractivity (Wildman–Crippen MR) is 67.3 cm³/mol. The minimum atomic E-state index is -0.186. The number of methoxy groups -OCH3 is 1. The van der Waals surface area contributed by atoms with Gasteiger partial charge in [-0.05, 0) is 13.0 Å². The number of nitrogens with zero attached hydrogens (tertiary/aromatic N) is 4. The standard InChI is InChI=1S/C12H18N4O2/c1-10(11(17)18-2)15-6-8-16(9-7-15)12-13-4-3-5-14-12/h3-5,10H,6-9H2,1-2H3/t10-/m0/s1. The third-order valence-electron chi connectivity index (χ3n) is 3.24. The molecule has 0 amide bonds. The largest absolute Gasteiger partial charge is 0.468 e. The van der Waals surface area contributed by atoms with Crippen LogP contribution in [0.5, 0.6) is 0 Å². The summed E-state index contributed by atoms with van der Waals surface area (Å²) in [5.41, 5.74) is 0. The van der Waals surface area contributed by atoms with Crippen molar-refractivity contribution in [2.24, 2.45) is 0 Å². The van der Waals surface area contributed by atoms with E-state index < -0.39 is 0 Å². The smallest absolute Gasteiger partial charge is 0.322 e. The van der Waals surface area contributed by atoms with Crippen LogP contribution < -0.4 is 4.90 Å². The fraction of sp³-hybridized carbons (Fsp3) is 0.583. The minimum absolute atomic E-state index is 0.181. The fourth-order valence-electron chi connectivity index (χ4n) is 2.08. The number of carbonyl (C=O) groups is 1. The molecular formula is C12H18N4O2. The Morgan fingerprint density at radius 3 is 2.44 bits per heavy atom. The van der Waals surface area contributed by atoms with Crippen molar-refractivity contribution < 1.29 is 9.53 Å². The number of esters is 1. The lowest BCUT2D eigenvalue weighted by Gasteiger charge is -2.36. The van der Waals surface area contributed by atoms with Crippen LogP contribution in [0.1, 0.15) is 6.92 Å². The van der Waals surface area contributed by atoms with Gasteiger partial charge in [0.1, 0.15) is 6.04 Å². The maximum atomic E-state index is 11.5. The normalized spacial score (nSPS) is 18.4. The van der Waals surface area contributed by atoms with Crippen LogP contribution in [0.2, 0.25) is 0 Å². The van der Waals surface area contributed by atoms with Gasteiger partial charge in [-0.15, -0.1) is 0 Å². The molecule has 0 unspecified atom stereocenters. The number of carbonyl (C=O) groups excluding carboxylic acids is 1. The van der Waals surface area contributed by atoms with Crippen LogP contribution in [0.4, 0.5) is 5.95 Å². The third kappa shape index (κ3) is 2.76. The molecule has 0 aromatic carbocycles. The third-order valence-corrected chi connectivity index (χ3v) is 3.24. The summed E-state index contributed by atoms with van der Waals surface area (Å²) in [5.74, 6) is 0.572. The van der Waals surface area contributed by atoms with Crippen molar-refractivity contribution in [3.8, 4) is 0 Å².